The molecule has 0 aliphatic rings. The number of nitrogens with zero attached hydrogens (tertiary/aromatic N) is 1. The van der Waals surface area contributed by atoms with Gasteiger partial charge in [0.25, 0.3) is 0 Å². The Morgan fingerprint density at radius 3 is 2.03 bits per heavy atom. The van der Waals surface area contributed by atoms with Crippen molar-refractivity contribution in [2.24, 2.45) is 0 Å². The zero-order chi connectivity index (χ0) is 21.3. The van der Waals surface area contributed by atoms with E-state index in [9.17, 15) is 0 Å². The highest BCUT2D eigenvalue weighted by Crippen LogP contribution is 2.33. The summed E-state index contributed by atoms with van der Waals surface area (Å²) >= 11 is 0. The van der Waals surface area contributed by atoms with E-state index >= 15 is 0 Å². The molecule has 30 heavy (non-hydrogen) atoms. The summed E-state index contributed by atoms with van der Waals surface area (Å²) in [4.78, 5) is 6.43. The second kappa shape index (κ2) is 11.6. The van der Waals surface area contributed by atoms with Crippen molar-refractivity contribution in [2.45, 2.75) is 85.5 Å². The summed E-state index contributed by atoms with van der Waals surface area (Å²) in [6, 6.07) is 11.3. The van der Waals surface area contributed by atoms with Crippen LogP contribution in [-0.2, 0) is 6.42 Å². The van der Waals surface area contributed by atoms with Crippen LogP contribution in [0.3, 0.4) is 0 Å². The zero-order valence-corrected chi connectivity index (χ0v) is 19.8. The van der Waals surface area contributed by atoms with Gasteiger partial charge in [-0.2, -0.15) is 0 Å². The number of unbranched alkanes of at least 4 members (excludes halogenated alkanes) is 6. The van der Waals surface area contributed by atoms with Crippen LogP contribution in [-0.4, -0.2) is 29.5 Å². The van der Waals surface area contributed by atoms with Crippen LogP contribution in [0.25, 0.3) is 21.8 Å². The largest absolute Gasteiger partial charge is 0.354 e. The normalized spacial score (nSPS) is 11.9. The van der Waals surface area contributed by atoms with Crippen LogP contribution in [0.1, 0.15) is 81.9 Å². The number of H-pyrrole nitrogens is 1. The molecule has 3 aromatic rings. The Balaban J connectivity index is 1.76. The summed E-state index contributed by atoms with van der Waals surface area (Å²) in [7, 11) is 0. The highest BCUT2D eigenvalue weighted by Gasteiger charge is 2.13. The summed E-state index contributed by atoms with van der Waals surface area (Å²) < 4.78 is 0. The monoisotopic (exact) mass is 406 g/mol. The molecule has 0 saturated heterocycles. The van der Waals surface area contributed by atoms with Gasteiger partial charge in [0.15, 0.2) is 0 Å². The van der Waals surface area contributed by atoms with Gasteiger partial charge in [0, 0.05) is 28.4 Å². The second-order valence-corrected chi connectivity index (χ2v) is 9.13. The van der Waals surface area contributed by atoms with Crippen molar-refractivity contribution in [3.63, 3.8) is 0 Å². The smallest absolute Gasteiger partial charge is 0.0497 e. The van der Waals surface area contributed by atoms with E-state index in [0.717, 1.165) is 6.42 Å². The molecule has 0 unspecified atom stereocenters. The third-order valence-corrected chi connectivity index (χ3v) is 6.64. The fourth-order valence-corrected chi connectivity index (χ4v) is 4.78. The lowest BCUT2D eigenvalue weighted by atomic mass is 9.99. The van der Waals surface area contributed by atoms with E-state index in [-0.39, 0.29) is 0 Å². The van der Waals surface area contributed by atoms with Gasteiger partial charge in [-0.25, -0.2) is 0 Å². The summed E-state index contributed by atoms with van der Waals surface area (Å²) in [5.74, 6) is 0. The SMILES string of the molecule is CCCCCCN(CCCCCC)CCc1cccc2[nH]c3c(C)ccc(C)c3c12. The summed E-state index contributed by atoms with van der Waals surface area (Å²) in [6.07, 6.45) is 12.0. The Hall–Kier alpha value is -1.80. The standard InChI is InChI=1S/C28H42N2/c1-5-7-9-11-19-30(20-12-10-8-6-2)21-18-24-14-13-15-25-27(24)26-22(3)16-17-23(4)28(26)29-25/h13-17,29H,5-12,18-21H2,1-4H3. The molecule has 0 radical (unpaired) electrons. The van der Waals surface area contributed by atoms with E-state index in [1.165, 1.54) is 109 Å². The first-order valence-corrected chi connectivity index (χ1v) is 12.4. The van der Waals surface area contributed by atoms with E-state index in [1.54, 1.807) is 0 Å². The number of aromatic nitrogens is 1. The molecule has 2 heteroatoms. The van der Waals surface area contributed by atoms with Gasteiger partial charge in [0.05, 0.1) is 0 Å². The first-order valence-electron chi connectivity index (χ1n) is 12.4. The summed E-state index contributed by atoms with van der Waals surface area (Å²) in [5.41, 5.74) is 6.82. The average molecular weight is 407 g/mol. The molecule has 2 nitrogen and oxygen atoms in total. The molecule has 2 aromatic carbocycles. The van der Waals surface area contributed by atoms with Crippen molar-refractivity contribution in [3.8, 4) is 0 Å². The van der Waals surface area contributed by atoms with Gasteiger partial charge in [-0.3, -0.25) is 0 Å². The lowest BCUT2D eigenvalue weighted by Gasteiger charge is -2.22. The molecule has 164 valence electrons. The van der Waals surface area contributed by atoms with Gasteiger partial charge >= 0.3 is 0 Å². The number of fused-ring (bicyclic) bond motifs is 3. The highest BCUT2D eigenvalue weighted by atomic mass is 15.1. The molecular weight excluding hydrogens is 364 g/mol. The fraction of sp³-hybridized carbons (Fsp3) is 0.571. The first kappa shape index (κ1) is 22.9. The number of aryl methyl sites for hydroxylation is 2. The lowest BCUT2D eigenvalue weighted by Crippen LogP contribution is -2.28. The summed E-state index contributed by atoms with van der Waals surface area (Å²) in [5, 5.41) is 2.88. The van der Waals surface area contributed by atoms with Crippen LogP contribution in [0.2, 0.25) is 0 Å². The number of hydrogen-bond acceptors (Lipinski definition) is 1. The maximum atomic E-state index is 3.70. The van der Waals surface area contributed by atoms with Crippen molar-refractivity contribution in [1.82, 2.24) is 9.88 Å². The van der Waals surface area contributed by atoms with Crippen LogP contribution in [0, 0.1) is 13.8 Å². The third kappa shape index (κ3) is 5.66. The van der Waals surface area contributed by atoms with Gasteiger partial charge in [0.1, 0.15) is 0 Å². The highest BCUT2D eigenvalue weighted by molar-refractivity contribution is 6.11. The predicted molar refractivity (Wildman–Crippen MR) is 134 cm³/mol. The van der Waals surface area contributed by atoms with Crippen LogP contribution in [0.5, 0.6) is 0 Å². The topological polar surface area (TPSA) is 19.0 Å². The zero-order valence-electron chi connectivity index (χ0n) is 19.8. The van der Waals surface area contributed by atoms with Crippen molar-refractivity contribution in [1.29, 1.82) is 0 Å². The van der Waals surface area contributed by atoms with Gasteiger partial charge in [0.2, 0.25) is 0 Å². The Labute approximate surface area is 184 Å². The first-order chi connectivity index (χ1) is 14.7. The molecule has 0 aliphatic heterocycles. The van der Waals surface area contributed by atoms with Crippen LogP contribution in [0.4, 0.5) is 0 Å². The lowest BCUT2D eigenvalue weighted by molar-refractivity contribution is 0.264. The Morgan fingerprint density at radius 1 is 0.700 bits per heavy atom. The fourth-order valence-electron chi connectivity index (χ4n) is 4.78. The van der Waals surface area contributed by atoms with Crippen LogP contribution < -0.4 is 0 Å². The van der Waals surface area contributed by atoms with Crippen molar-refractivity contribution >= 4 is 21.8 Å². The average Bonchev–Trinajstić information content (AvgIpc) is 3.16. The van der Waals surface area contributed by atoms with E-state index in [1.807, 2.05) is 0 Å². The maximum Gasteiger partial charge on any atom is 0.0497 e. The Bertz CT molecular complexity index is 909. The number of aromatic amines is 1. The maximum absolute atomic E-state index is 3.70. The molecule has 3 rings (SSSR count). The number of rotatable bonds is 13. The Morgan fingerprint density at radius 2 is 1.37 bits per heavy atom. The number of nitrogens with one attached hydrogen (secondary N) is 1. The van der Waals surface area contributed by atoms with Crippen LogP contribution >= 0.6 is 0 Å². The van der Waals surface area contributed by atoms with Gasteiger partial charge < -0.3 is 9.88 Å². The molecular formula is C28H42N2. The minimum Gasteiger partial charge on any atom is -0.354 e. The van der Waals surface area contributed by atoms with Gasteiger partial charge in [-0.1, -0.05) is 76.6 Å². The van der Waals surface area contributed by atoms with Crippen molar-refractivity contribution in [2.75, 3.05) is 19.6 Å². The molecule has 0 atom stereocenters. The van der Waals surface area contributed by atoms with Crippen LogP contribution in [0.15, 0.2) is 30.3 Å². The minimum absolute atomic E-state index is 1.14. The third-order valence-electron chi connectivity index (χ3n) is 6.64. The van der Waals surface area contributed by atoms with E-state index in [0.29, 0.717) is 0 Å². The molecule has 1 N–H and O–H groups in total. The molecule has 0 amide bonds. The predicted octanol–water partition coefficient (Wildman–Crippen LogP) is 7.94. The van der Waals surface area contributed by atoms with E-state index in [4.69, 9.17) is 0 Å². The van der Waals surface area contributed by atoms with Crippen molar-refractivity contribution < 1.29 is 0 Å². The van der Waals surface area contributed by atoms with E-state index < -0.39 is 0 Å². The molecule has 0 bridgehead atoms. The number of hydrogen-bond donors (Lipinski definition) is 1. The molecule has 0 saturated carbocycles. The quantitative estimate of drug-likeness (QED) is 0.285. The second-order valence-electron chi connectivity index (χ2n) is 9.13. The molecule has 1 aromatic heterocycles. The molecule has 0 fully saturated rings. The van der Waals surface area contributed by atoms with Gasteiger partial charge in [-0.15, -0.1) is 0 Å². The molecule has 1 heterocycles. The number of benzene rings is 2. The minimum atomic E-state index is 1.14. The molecule has 0 spiro atoms. The summed E-state index contributed by atoms with van der Waals surface area (Å²) in [6.45, 7) is 12.8. The Kier molecular flexibility index (Phi) is 8.81. The molecule has 0 aliphatic carbocycles. The van der Waals surface area contributed by atoms with Crippen molar-refractivity contribution in [3.05, 3.63) is 47.0 Å². The van der Waals surface area contributed by atoms with E-state index in [2.05, 4.69) is 67.9 Å². The van der Waals surface area contributed by atoms with Gasteiger partial charge in [-0.05, 0) is 69.0 Å².